The molecule has 0 radical (unpaired) electrons. The highest BCUT2D eigenvalue weighted by molar-refractivity contribution is 7.99. The second kappa shape index (κ2) is 12.2. The van der Waals surface area contributed by atoms with Gasteiger partial charge < -0.3 is 5.32 Å². The molecule has 1 atom stereocenters. The summed E-state index contributed by atoms with van der Waals surface area (Å²) in [6.07, 6.45) is 7.80. The Balaban J connectivity index is 2.32. The molecule has 0 fully saturated rings. The van der Waals surface area contributed by atoms with Crippen LogP contribution < -0.4 is 5.32 Å². The summed E-state index contributed by atoms with van der Waals surface area (Å²) in [5.41, 5.74) is -0.0627. The highest BCUT2D eigenvalue weighted by Gasteiger charge is 2.26. The molecule has 0 aliphatic heterocycles. The van der Waals surface area contributed by atoms with E-state index in [1.54, 1.807) is 24.8 Å². The van der Waals surface area contributed by atoms with Gasteiger partial charge >= 0.3 is 0 Å². The summed E-state index contributed by atoms with van der Waals surface area (Å²) in [5.74, 6) is 1.47. The zero-order chi connectivity index (χ0) is 18.5. The molecule has 0 heterocycles. The summed E-state index contributed by atoms with van der Waals surface area (Å²) in [4.78, 5) is 12.2. The zero-order valence-electron chi connectivity index (χ0n) is 15.3. The Hall–Kier alpha value is -1.18. The maximum atomic E-state index is 12.2. The molecule has 0 spiro atoms. The van der Waals surface area contributed by atoms with E-state index in [1.807, 2.05) is 18.2 Å². The number of unbranched alkanes of at least 4 members (excludes halogenated alkanes) is 5. The molecular weight excluding hydrogens is 352 g/mol. The van der Waals surface area contributed by atoms with Crippen molar-refractivity contribution in [2.45, 2.75) is 64.3 Å². The van der Waals surface area contributed by atoms with Crippen LogP contribution in [0.25, 0.3) is 0 Å². The Morgan fingerprint density at radius 1 is 1.24 bits per heavy atom. The van der Waals surface area contributed by atoms with E-state index >= 15 is 0 Å². The van der Waals surface area contributed by atoms with Gasteiger partial charge in [-0.05, 0) is 30.7 Å². The van der Waals surface area contributed by atoms with Crippen LogP contribution in [0, 0.1) is 11.3 Å². The Morgan fingerprint density at radius 3 is 2.60 bits per heavy atom. The van der Waals surface area contributed by atoms with Gasteiger partial charge in [0.05, 0.1) is 12.5 Å². The van der Waals surface area contributed by atoms with Crippen LogP contribution in [0.4, 0.5) is 0 Å². The molecule has 1 N–H and O–H groups in total. The molecule has 0 aliphatic carbocycles. The molecule has 1 unspecified atom stereocenters. The first-order valence-electron chi connectivity index (χ1n) is 9.04. The van der Waals surface area contributed by atoms with Crippen molar-refractivity contribution in [3.8, 4) is 6.07 Å². The van der Waals surface area contributed by atoms with Crippen LogP contribution in [0.5, 0.6) is 0 Å². The minimum Gasteiger partial charge on any atom is -0.337 e. The van der Waals surface area contributed by atoms with Crippen LogP contribution in [0.3, 0.4) is 0 Å². The predicted octanol–water partition coefficient (Wildman–Crippen LogP) is 5.37. The molecule has 5 heteroatoms. The van der Waals surface area contributed by atoms with Gasteiger partial charge in [0.1, 0.15) is 5.54 Å². The average Bonchev–Trinajstić information content (AvgIpc) is 2.59. The first kappa shape index (κ1) is 21.9. The number of nitriles is 1. The molecule has 1 rings (SSSR count). The van der Waals surface area contributed by atoms with Crippen LogP contribution >= 0.6 is 23.4 Å². The molecule has 0 aromatic heterocycles. The third-order valence-corrected chi connectivity index (χ3v) is 5.73. The normalized spacial score (nSPS) is 13.0. The Kier molecular flexibility index (Phi) is 10.7. The number of benzene rings is 1. The van der Waals surface area contributed by atoms with Crippen LogP contribution in [0.2, 0.25) is 5.02 Å². The van der Waals surface area contributed by atoms with Crippen LogP contribution in [-0.2, 0) is 11.2 Å². The summed E-state index contributed by atoms with van der Waals surface area (Å²) in [6, 6.07) is 9.53. The lowest BCUT2D eigenvalue weighted by Gasteiger charge is -2.23. The fourth-order valence-electron chi connectivity index (χ4n) is 2.52. The Morgan fingerprint density at radius 2 is 1.92 bits per heavy atom. The van der Waals surface area contributed by atoms with Gasteiger partial charge in [-0.1, -0.05) is 68.8 Å². The van der Waals surface area contributed by atoms with Gasteiger partial charge in [0.15, 0.2) is 0 Å². The van der Waals surface area contributed by atoms with Gasteiger partial charge in [-0.25, -0.2) is 0 Å². The molecule has 0 bridgehead atoms. The quantitative estimate of drug-likeness (QED) is 0.495. The third-order valence-electron chi connectivity index (χ3n) is 4.00. The zero-order valence-corrected chi connectivity index (χ0v) is 16.9. The number of hydrogen-bond donors (Lipinski definition) is 1. The van der Waals surface area contributed by atoms with E-state index in [0.717, 1.165) is 11.3 Å². The van der Waals surface area contributed by atoms with Gasteiger partial charge in [0.25, 0.3) is 0 Å². The van der Waals surface area contributed by atoms with Crippen molar-refractivity contribution in [1.29, 1.82) is 5.26 Å². The number of carbonyl (C=O) groups excluding carboxylic acids is 1. The summed E-state index contributed by atoms with van der Waals surface area (Å²) >= 11 is 7.82. The summed E-state index contributed by atoms with van der Waals surface area (Å²) < 4.78 is 0. The number of nitrogens with one attached hydrogen (secondary N) is 1. The first-order chi connectivity index (χ1) is 12.0. The van der Waals surface area contributed by atoms with E-state index in [1.165, 1.54) is 38.5 Å². The number of halogens is 1. The fourth-order valence-corrected chi connectivity index (χ4v) is 3.82. The predicted molar refractivity (Wildman–Crippen MR) is 108 cm³/mol. The second-order valence-electron chi connectivity index (χ2n) is 6.58. The van der Waals surface area contributed by atoms with E-state index in [9.17, 15) is 10.1 Å². The van der Waals surface area contributed by atoms with Crippen molar-refractivity contribution in [2.75, 3.05) is 11.5 Å². The Labute approximate surface area is 161 Å². The lowest BCUT2D eigenvalue weighted by molar-refractivity contribution is -0.121. The average molecular weight is 381 g/mol. The maximum absolute atomic E-state index is 12.2. The number of rotatable bonds is 12. The molecule has 0 saturated carbocycles. The van der Waals surface area contributed by atoms with Crippen molar-refractivity contribution < 1.29 is 4.79 Å². The van der Waals surface area contributed by atoms with Gasteiger partial charge in [-0.2, -0.15) is 17.0 Å². The van der Waals surface area contributed by atoms with Crippen LogP contribution in [-0.4, -0.2) is 23.0 Å². The van der Waals surface area contributed by atoms with Gasteiger partial charge in [0.2, 0.25) is 5.91 Å². The topological polar surface area (TPSA) is 52.9 Å². The molecule has 3 nitrogen and oxygen atoms in total. The molecule has 0 aliphatic rings. The molecule has 1 aromatic carbocycles. The van der Waals surface area contributed by atoms with Crippen LogP contribution in [0.15, 0.2) is 24.3 Å². The smallest absolute Gasteiger partial charge is 0.225 e. The molecule has 138 valence electrons. The van der Waals surface area contributed by atoms with E-state index in [4.69, 9.17) is 11.6 Å². The first-order valence-corrected chi connectivity index (χ1v) is 10.6. The molecule has 25 heavy (non-hydrogen) atoms. The fraction of sp³-hybridized carbons (Fsp3) is 0.600. The SMILES string of the molecule is CCCCCCCCSCC(C)(C#N)NC(=O)Cc1ccccc1Cl. The molecular formula is C20H29ClN2OS. The van der Waals surface area contributed by atoms with Gasteiger partial charge in [-0.15, -0.1) is 0 Å². The summed E-state index contributed by atoms with van der Waals surface area (Å²) in [6.45, 7) is 4.00. The number of carbonyl (C=O) groups is 1. The Bertz CT molecular complexity index is 573. The van der Waals surface area contributed by atoms with E-state index in [2.05, 4.69) is 18.3 Å². The number of hydrogen-bond acceptors (Lipinski definition) is 3. The summed E-state index contributed by atoms with van der Waals surface area (Å²) in [5, 5.41) is 12.9. The largest absolute Gasteiger partial charge is 0.337 e. The molecule has 1 amide bonds. The molecule has 0 saturated heterocycles. The minimum atomic E-state index is -0.842. The monoisotopic (exact) mass is 380 g/mol. The second-order valence-corrected chi connectivity index (χ2v) is 8.09. The number of thioether (sulfide) groups is 1. The standard InChI is InChI=1S/C20H29ClN2OS/c1-3-4-5-6-7-10-13-25-16-20(2,15-22)23-19(24)14-17-11-8-9-12-18(17)21/h8-9,11-12H,3-7,10,13-14,16H2,1-2H3,(H,23,24). The number of nitrogens with zero attached hydrogens (tertiary/aromatic N) is 1. The highest BCUT2D eigenvalue weighted by Crippen LogP contribution is 2.18. The van der Waals surface area contributed by atoms with Gasteiger partial charge in [-0.3, -0.25) is 4.79 Å². The third kappa shape index (κ3) is 9.18. The lowest BCUT2D eigenvalue weighted by Crippen LogP contribution is -2.47. The molecule has 1 aromatic rings. The van der Waals surface area contributed by atoms with Crippen molar-refractivity contribution in [2.24, 2.45) is 0 Å². The minimum absolute atomic E-state index is 0.169. The number of amides is 1. The van der Waals surface area contributed by atoms with Gasteiger partial charge in [0, 0.05) is 10.8 Å². The van der Waals surface area contributed by atoms with Crippen molar-refractivity contribution in [1.82, 2.24) is 5.32 Å². The summed E-state index contributed by atoms with van der Waals surface area (Å²) in [7, 11) is 0. The lowest BCUT2D eigenvalue weighted by atomic mass is 10.1. The van der Waals surface area contributed by atoms with Crippen molar-refractivity contribution in [3.63, 3.8) is 0 Å². The van der Waals surface area contributed by atoms with E-state index in [0.29, 0.717) is 10.8 Å². The maximum Gasteiger partial charge on any atom is 0.225 e. The van der Waals surface area contributed by atoms with Crippen molar-refractivity contribution >= 4 is 29.3 Å². The van der Waals surface area contributed by atoms with E-state index in [-0.39, 0.29) is 12.3 Å². The van der Waals surface area contributed by atoms with Crippen LogP contribution in [0.1, 0.15) is 57.9 Å². The van der Waals surface area contributed by atoms with Crippen molar-refractivity contribution in [3.05, 3.63) is 34.9 Å². The van der Waals surface area contributed by atoms with E-state index < -0.39 is 5.54 Å². The highest BCUT2D eigenvalue weighted by atomic mass is 35.5.